The van der Waals surface area contributed by atoms with Crippen LogP contribution < -0.4 is 5.32 Å². The molecular weight excluding hydrogens is 382 g/mol. The second-order valence-electron chi connectivity index (χ2n) is 4.88. The summed E-state index contributed by atoms with van der Waals surface area (Å²) in [5, 5.41) is 3.16. The second-order valence-corrected chi connectivity index (χ2v) is 5.96. The second kappa shape index (κ2) is 7.42. The summed E-state index contributed by atoms with van der Waals surface area (Å²) < 4.78 is 37.8. The summed E-state index contributed by atoms with van der Waals surface area (Å²) in [6.07, 6.45) is -4.32. The van der Waals surface area contributed by atoms with Gasteiger partial charge in [-0.2, -0.15) is 13.2 Å². The Balaban J connectivity index is 3.02. The molecule has 0 saturated carbocycles. The Morgan fingerprint density at radius 3 is 2.40 bits per heavy atom. The van der Waals surface area contributed by atoms with Crippen molar-refractivity contribution in [3.8, 4) is 0 Å². The number of aryl methyl sites for hydroxylation is 1. The first-order valence-corrected chi connectivity index (χ1v) is 7.69. The maximum absolute atomic E-state index is 12.3. The van der Waals surface area contributed by atoms with Crippen LogP contribution in [0.3, 0.4) is 0 Å². The maximum Gasteiger partial charge on any atom is 0.389 e. The average Bonchev–Trinajstić information content (AvgIpc) is 2.34. The highest BCUT2D eigenvalue weighted by Crippen LogP contribution is 2.27. The van der Waals surface area contributed by atoms with Crippen molar-refractivity contribution in [3.63, 3.8) is 0 Å². The van der Waals surface area contributed by atoms with Gasteiger partial charge in [0.15, 0.2) is 0 Å². The summed E-state index contributed by atoms with van der Waals surface area (Å²) in [5.41, 5.74) is 0.802. The monoisotopic (exact) mass is 401 g/mol. The molecule has 0 saturated heterocycles. The molecule has 0 spiro atoms. The lowest BCUT2D eigenvalue weighted by atomic mass is 10.1. The molecule has 0 radical (unpaired) electrons. The summed E-state index contributed by atoms with van der Waals surface area (Å²) in [6.45, 7) is 6.71. The van der Waals surface area contributed by atoms with Gasteiger partial charge < -0.3 is 5.32 Å². The lowest BCUT2D eigenvalue weighted by Gasteiger charge is -2.15. The van der Waals surface area contributed by atoms with E-state index in [-0.39, 0.29) is 18.2 Å². The highest BCUT2D eigenvalue weighted by Gasteiger charge is 2.27. The summed E-state index contributed by atoms with van der Waals surface area (Å²) in [5.74, 6) is 1.05. The molecule has 114 valence electrons. The van der Waals surface area contributed by atoms with Crippen LogP contribution in [0.1, 0.15) is 51.0 Å². The summed E-state index contributed by atoms with van der Waals surface area (Å²) >= 11 is 2.15. The zero-order chi connectivity index (χ0) is 15.3. The molecule has 1 N–H and O–H groups in total. The van der Waals surface area contributed by atoms with Crippen molar-refractivity contribution in [1.82, 2.24) is 9.97 Å². The van der Waals surface area contributed by atoms with Crippen molar-refractivity contribution in [2.24, 2.45) is 0 Å². The average molecular weight is 401 g/mol. The molecule has 0 aliphatic rings. The molecule has 0 atom stereocenters. The number of alkyl halides is 3. The molecule has 0 unspecified atom stereocenters. The Labute approximate surface area is 130 Å². The van der Waals surface area contributed by atoms with Crippen molar-refractivity contribution in [2.45, 2.75) is 52.1 Å². The molecule has 1 rings (SSSR count). The van der Waals surface area contributed by atoms with Gasteiger partial charge in [0, 0.05) is 13.0 Å². The quantitative estimate of drug-likeness (QED) is 0.713. The van der Waals surface area contributed by atoms with E-state index in [9.17, 15) is 13.2 Å². The molecule has 0 fully saturated rings. The minimum Gasteiger partial charge on any atom is -0.369 e. The van der Waals surface area contributed by atoms with Gasteiger partial charge >= 0.3 is 6.18 Å². The van der Waals surface area contributed by atoms with Gasteiger partial charge in [0.25, 0.3) is 0 Å². The normalized spacial score (nSPS) is 12.0. The lowest BCUT2D eigenvalue weighted by molar-refractivity contribution is -0.134. The van der Waals surface area contributed by atoms with Crippen molar-refractivity contribution < 1.29 is 13.2 Å². The zero-order valence-electron chi connectivity index (χ0n) is 11.8. The smallest absolute Gasteiger partial charge is 0.369 e. The summed E-state index contributed by atoms with van der Waals surface area (Å²) in [4.78, 5) is 8.51. The van der Waals surface area contributed by atoms with Crippen LogP contribution in [0.4, 0.5) is 19.0 Å². The third kappa shape index (κ3) is 5.41. The van der Waals surface area contributed by atoms with Gasteiger partial charge in [0.2, 0.25) is 0 Å². The van der Waals surface area contributed by atoms with E-state index >= 15 is 0 Å². The molecule has 1 aromatic rings. The number of anilines is 1. The van der Waals surface area contributed by atoms with Gasteiger partial charge in [-0.05, 0) is 34.9 Å². The number of rotatable bonds is 6. The fourth-order valence-electron chi connectivity index (χ4n) is 1.62. The van der Waals surface area contributed by atoms with Gasteiger partial charge in [-0.15, -0.1) is 0 Å². The van der Waals surface area contributed by atoms with Crippen molar-refractivity contribution in [3.05, 3.63) is 15.1 Å². The Hall–Kier alpha value is -0.600. The predicted octanol–water partition coefficient (Wildman–Crippen LogP) is 4.52. The molecule has 1 aromatic heterocycles. The molecule has 0 aliphatic heterocycles. The molecule has 0 aliphatic carbocycles. The minimum absolute atomic E-state index is 0.150. The lowest BCUT2D eigenvalue weighted by Crippen LogP contribution is -2.14. The van der Waals surface area contributed by atoms with Crippen LogP contribution in [0.2, 0.25) is 0 Å². The van der Waals surface area contributed by atoms with Gasteiger partial charge in [0.05, 0.1) is 15.7 Å². The standard InChI is InChI=1S/C13H19F3IN3/c1-4-7-18-12-10(17)11(8(2)3)19-9(20-12)5-6-13(14,15)16/h8H,4-7H2,1-3H3,(H,18,19,20). The van der Waals surface area contributed by atoms with E-state index in [1.165, 1.54) is 0 Å². The number of aromatic nitrogens is 2. The number of hydrogen-bond acceptors (Lipinski definition) is 3. The van der Waals surface area contributed by atoms with Gasteiger partial charge in [-0.25, -0.2) is 9.97 Å². The molecule has 0 amide bonds. The van der Waals surface area contributed by atoms with Crippen molar-refractivity contribution >= 4 is 28.4 Å². The van der Waals surface area contributed by atoms with Crippen LogP contribution in [-0.4, -0.2) is 22.7 Å². The van der Waals surface area contributed by atoms with Crippen LogP contribution >= 0.6 is 22.6 Å². The third-order valence-corrected chi connectivity index (χ3v) is 3.71. The first kappa shape index (κ1) is 17.5. The first-order valence-electron chi connectivity index (χ1n) is 6.61. The SMILES string of the molecule is CCCNc1nc(CCC(F)(F)F)nc(C(C)C)c1I. The molecular formula is C13H19F3IN3. The third-order valence-electron chi connectivity index (χ3n) is 2.64. The van der Waals surface area contributed by atoms with Crippen LogP contribution in [-0.2, 0) is 6.42 Å². The van der Waals surface area contributed by atoms with E-state index in [0.717, 1.165) is 22.2 Å². The maximum atomic E-state index is 12.3. The summed E-state index contributed by atoms with van der Waals surface area (Å²) in [6, 6.07) is 0. The van der Waals surface area contributed by atoms with E-state index < -0.39 is 12.6 Å². The Morgan fingerprint density at radius 1 is 1.25 bits per heavy atom. The minimum atomic E-state index is -4.18. The number of hydrogen-bond donors (Lipinski definition) is 1. The van der Waals surface area contributed by atoms with E-state index in [4.69, 9.17) is 0 Å². The molecule has 7 heteroatoms. The van der Waals surface area contributed by atoms with E-state index in [1.54, 1.807) is 0 Å². The van der Waals surface area contributed by atoms with E-state index in [1.807, 2.05) is 20.8 Å². The first-order chi connectivity index (χ1) is 9.24. The summed E-state index contributed by atoms with van der Waals surface area (Å²) in [7, 11) is 0. The van der Waals surface area contributed by atoms with Crippen LogP contribution in [0.5, 0.6) is 0 Å². The zero-order valence-corrected chi connectivity index (χ0v) is 14.0. The van der Waals surface area contributed by atoms with Gasteiger partial charge in [-0.1, -0.05) is 20.8 Å². The highest BCUT2D eigenvalue weighted by molar-refractivity contribution is 14.1. The number of nitrogens with zero attached hydrogens (tertiary/aromatic N) is 2. The van der Waals surface area contributed by atoms with Gasteiger partial charge in [-0.3, -0.25) is 0 Å². The van der Waals surface area contributed by atoms with Crippen LogP contribution in [0.25, 0.3) is 0 Å². The van der Waals surface area contributed by atoms with Crippen molar-refractivity contribution in [1.29, 1.82) is 0 Å². The predicted molar refractivity (Wildman–Crippen MR) is 82.0 cm³/mol. The Bertz CT molecular complexity index is 447. The topological polar surface area (TPSA) is 37.8 Å². The molecule has 1 heterocycles. The Kier molecular flexibility index (Phi) is 6.47. The largest absolute Gasteiger partial charge is 0.389 e. The number of halogens is 4. The fraction of sp³-hybridized carbons (Fsp3) is 0.692. The van der Waals surface area contributed by atoms with E-state index in [2.05, 4.69) is 37.9 Å². The van der Waals surface area contributed by atoms with Crippen LogP contribution in [0, 0.1) is 3.57 Å². The Morgan fingerprint density at radius 2 is 1.90 bits per heavy atom. The molecule has 0 aromatic carbocycles. The van der Waals surface area contributed by atoms with Crippen molar-refractivity contribution in [2.75, 3.05) is 11.9 Å². The highest BCUT2D eigenvalue weighted by atomic mass is 127. The van der Waals surface area contributed by atoms with Crippen LogP contribution in [0.15, 0.2) is 0 Å². The van der Waals surface area contributed by atoms with Gasteiger partial charge in [0.1, 0.15) is 11.6 Å². The fourth-order valence-corrected chi connectivity index (χ4v) is 2.68. The molecule has 0 bridgehead atoms. The molecule has 20 heavy (non-hydrogen) atoms. The number of nitrogens with one attached hydrogen (secondary N) is 1. The van der Waals surface area contributed by atoms with E-state index in [0.29, 0.717) is 5.82 Å². The molecule has 3 nitrogen and oxygen atoms in total.